The fourth-order valence-corrected chi connectivity index (χ4v) is 3.60. The van der Waals surface area contributed by atoms with E-state index in [0.717, 1.165) is 29.6 Å². The van der Waals surface area contributed by atoms with Crippen LogP contribution in [0.1, 0.15) is 39.2 Å². The molecule has 0 bridgehead atoms. The second-order valence-corrected chi connectivity index (χ2v) is 7.04. The number of rotatable bonds is 7. The summed E-state index contributed by atoms with van der Waals surface area (Å²) in [5, 5.41) is 13.2. The van der Waals surface area contributed by atoms with Crippen LogP contribution in [0, 0.1) is 0 Å². The van der Waals surface area contributed by atoms with E-state index < -0.39 is 0 Å². The molecule has 24 heavy (non-hydrogen) atoms. The van der Waals surface area contributed by atoms with Crippen LogP contribution in [0.2, 0.25) is 0 Å². The predicted octanol–water partition coefficient (Wildman–Crippen LogP) is 1.11. The SMILES string of the molecule is CNCc1nc(C(=O)N(C)Cc2nnc(CN3CCCC3)s2)co1. The van der Waals surface area contributed by atoms with E-state index in [2.05, 4.69) is 25.4 Å². The van der Waals surface area contributed by atoms with Gasteiger partial charge in [0.15, 0.2) is 5.69 Å². The number of nitrogens with one attached hydrogen (secondary N) is 1. The topological polar surface area (TPSA) is 87.4 Å². The lowest BCUT2D eigenvalue weighted by Gasteiger charge is -2.13. The summed E-state index contributed by atoms with van der Waals surface area (Å²) in [5.74, 6) is 0.315. The van der Waals surface area contributed by atoms with Crippen molar-refractivity contribution in [3.8, 4) is 0 Å². The van der Waals surface area contributed by atoms with E-state index >= 15 is 0 Å². The van der Waals surface area contributed by atoms with Crippen LogP contribution in [0.4, 0.5) is 0 Å². The van der Waals surface area contributed by atoms with Gasteiger partial charge in [-0.15, -0.1) is 10.2 Å². The second-order valence-electron chi connectivity index (χ2n) is 5.89. The Bertz CT molecular complexity index is 679. The molecule has 1 fully saturated rings. The zero-order valence-electron chi connectivity index (χ0n) is 14.0. The maximum Gasteiger partial charge on any atom is 0.275 e. The number of hydrogen-bond donors (Lipinski definition) is 1. The highest BCUT2D eigenvalue weighted by Crippen LogP contribution is 2.17. The number of carbonyl (C=O) groups is 1. The van der Waals surface area contributed by atoms with Crippen LogP contribution in [0.3, 0.4) is 0 Å². The first-order chi connectivity index (χ1) is 11.7. The number of amides is 1. The van der Waals surface area contributed by atoms with Crippen LogP contribution in [-0.4, -0.2) is 58.1 Å². The molecule has 1 amide bonds. The molecule has 3 heterocycles. The van der Waals surface area contributed by atoms with Gasteiger partial charge in [-0.05, 0) is 33.0 Å². The monoisotopic (exact) mass is 350 g/mol. The van der Waals surface area contributed by atoms with E-state index in [-0.39, 0.29) is 5.91 Å². The summed E-state index contributed by atoms with van der Waals surface area (Å²) in [6, 6.07) is 0. The molecule has 0 atom stereocenters. The van der Waals surface area contributed by atoms with Gasteiger partial charge in [0.05, 0.1) is 19.6 Å². The van der Waals surface area contributed by atoms with Crippen molar-refractivity contribution in [3.63, 3.8) is 0 Å². The first-order valence-electron chi connectivity index (χ1n) is 8.04. The molecule has 0 saturated carbocycles. The molecule has 1 aliphatic heterocycles. The van der Waals surface area contributed by atoms with Crippen LogP contribution in [-0.2, 0) is 19.6 Å². The van der Waals surface area contributed by atoms with E-state index in [1.807, 2.05) is 0 Å². The van der Waals surface area contributed by atoms with E-state index in [1.165, 1.54) is 19.1 Å². The largest absolute Gasteiger partial charge is 0.447 e. The molecule has 0 spiro atoms. The molecular weight excluding hydrogens is 328 g/mol. The van der Waals surface area contributed by atoms with Gasteiger partial charge in [0, 0.05) is 7.05 Å². The third-order valence-electron chi connectivity index (χ3n) is 3.88. The Hall–Kier alpha value is -1.84. The van der Waals surface area contributed by atoms with Crippen molar-refractivity contribution in [2.24, 2.45) is 0 Å². The second kappa shape index (κ2) is 7.82. The van der Waals surface area contributed by atoms with E-state index in [4.69, 9.17) is 4.42 Å². The third kappa shape index (κ3) is 4.16. The lowest BCUT2D eigenvalue weighted by atomic mass is 10.4. The maximum absolute atomic E-state index is 12.4. The minimum Gasteiger partial charge on any atom is -0.447 e. The van der Waals surface area contributed by atoms with Gasteiger partial charge in [-0.3, -0.25) is 9.69 Å². The van der Waals surface area contributed by atoms with Gasteiger partial charge in [-0.25, -0.2) is 4.98 Å². The lowest BCUT2D eigenvalue weighted by molar-refractivity contribution is 0.0779. The first kappa shape index (κ1) is 17.0. The van der Waals surface area contributed by atoms with Gasteiger partial charge in [0.1, 0.15) is 16.3 Å². The van der Waals surface area contributed by atoms with Gasteiger partial charge < -0.3 is 14.6 Å². The number of hydrogen-bond acceptors (Lipinski definition) is 8. The normalized spacial score (nSPS) is 15.1. The highest BCUT2D eigenvalue weighted by molar-refractivity contribution is 7.11. The Morgan fingerprint density at radius 1 is 1.38 bits per heavy atom. The molecule has 3 rings (SSSR count). The van der Waals surface area contributed by atoms with Gasteiger partial charge in [0.25, 0.3) is 5.91 Å². The zero-order chi connectivity index (χ0) is 16.9. The van der Waals surface area contributed by atoms with Gasteiger partial charge in [-0.2, -0.15) is 0 Å². The molecule has 9 heteroatoms. The average Bonchev–Trinajstić information content (AvgIpc) is 3.30. The Kier molecular flexibility index (Phi) is 5.54. The molecule has 2 aromatic heterocycles. The number of aromatic nitrogens is 3. The van der Waals surface area contributed by atoms with Crippen molar-refractivity contribution in [3.05, 3.63) is 27.9 Å². The summed E-state index contributed by atoms with van der Waals surface area (Å²) in [7, 11) is 3.53. The smallest absolute Gasteiger partial charge is 0.275 e. The third-order valence-corrected chi connectivity index (χ3v) is 4.78. The van der Waals surface area contributed by atoms with Crippen LogP contribution < -0.4 is 5.32 Å². The summed E-state index contributed by atoms with van der Waals surface area (Å²) in [5.41, 5.74) is 0.310. The minimum atomic E-state index is -0.183. The Morgan fingerprint density at radius 2 is 2.12 bits per heavy atom. The standard InChI is InChI=1S/C15H22N6O2S/c1-16-7-12-17-11(10-23-12)15(22)20(2)8-13-18-19-14(24-13)9-21-5-3-4-6-21/h10,16H,3-9H2,1-2H3. The van der Waals surface area contributed by atoms with Crippen LogP contribution in [0.25, 0.3) is 0 Å². The van der Waals surface area contributed by atoms with Crippen LogP contribution in [0.15, 0.2) is 10.7 Å². The molecule has 0 aliphatic carbocycles. The van der Waals surface area contributed by atoms with Crippen LogP contribution in [0.5, 0.6) is 0 Å². The van der Waals surface area contributed by atoms with Crippen molar-refractivity contribution in [1.29, 1.82) is 0 Å². The summed E-state index contributed by atoms with van der Waals surface area (Å²) in [6.07, 6.45) is 3.91. The highest BCUT2D eigenvalue weighted by Gasteiger charge is 2.19. The van der Waals surface area contributed by atoms with Gasteiger partial charge >= 0.3 is 0 Å². The van der Waals surface area contributed by atoms with Crippen LogP contribution >= 0.6 is 11.3 Å². The Balaban J connectivity index is 1.56. The molecule has 0 aromatic carbocycles. The lowest BCUT2D eigenvalue weighted by Crippen LogP contribution is -2.26. The number of nitrogens with zero attached hydrogens (tertiary/aromatic N) is 5. The first-order valence-corrected chi connectivity index (χ1v) is 8.85. The molecule has 1 aliphatic rings. The molecule has 1 saturated heterocycles. The molecule has 1 N–H and O–H groups in total. The maximum atomic E-state index is 12.4. The molecular formula is C15H22N6O2S. The van der Waals surface area contributed by atoms with Gasteiger partial charge in [-0.1, -0.05) is 11.3 Å². The van der Waals surface area contributed by atoms with Crippen molar-refractivity contribution >= 4 is 17.2 Å². The summed E-state index contributed by atoms with van der Waals surface area (Å²) >= 11 is 1.56. The molecule has 8 nitrogen and oxygen atoms in total. The molecule has 0 radical (unpaired) electrons. The van der Waals surface area contributed by atoms with E-state index in [1.54, 1.807) is 30.3 Å². The number of carbonyl (C=O) groups excluding carboxylic acids is 1. The number of likely N-dealkylation sites (tertiary alicyclic amines) is 1. The molecule has 2 aromatic rings. The van der Waals surface area contributed by atoms with Gasteiger partial charge in [0.2, 0.25) is 5.89 Å². The number of oxazole rings is 1. The summed E-state index contributed by atoms with van der Waals surface area (Å²) < 4.78 is 5.25. The predicted molar refractivity (Wildman–Crippen MR) is 89.5 cm³/mol. The minimum absolute atomic E-state index is 0.183. The quantitative estimate of drug-likeness (QED) is 0.800. The van der Waals surface area contributed by atoms with Crippen molar-refractivity contribution in [2.75, 3.05) is 27.2 Å². The zero-order valence-corrected chi connectivity index (χ0v) is 14.8. The Morgan fingerprint density at radius 3 is 2.88 bits per heavy atom. The van der Waals surface area contributed by atoms with E-state index in [0.29, 0.717) is 24.7 Å². The average molecular weight is 350 g/mol. The van der Waals surface area contributed by atoms with Crippen molar-refractivity contribution in [2.45, 2.75) is 32.5 Å². The molecule has 0 unspecified atom stereocenters. The fraction of sp³-hybridized carbons (Fsp3) is 0.600. The highest BCUT2D eigenvalue weighted by atomic mass is 32.1. The Labute approximate surface area is 144 Å². The molecule has 130 valence electrons. The van der Waals surface area contributed by atoms with Crippen molar-refractivity contribution < 1.29 is 9.21 Å². The van der Waals surface area contributed by atoms with E-state index in [9.17, 15) is 4.79 Å². The fourth-order valence-electron chi connectivity index (χ4n) is 2.66. The summed E-state index contributed by atoms with van der Waals surface area (Å²) in [6.45, 7) is 4.03. The summed E-state index contributed by atoms with van der Waals surface area (Å²) in [4.78, 5) is 20.5. The van der Waals surface area contributed by atoms with Crippen molar-refractivity contribution in [1.82, 2.24) is 30.3 Å².